The Balaban J connectivity index is 1.62. The van der Waals surface area contributed by atoms with Crippen molar-refractivity contribution in [1.82, 2.24) is 0 Å². The minimum atomic E-state index is -0.370. The maximum atomic E-state index is 11.2. The number of nitrogens with two attached hydrogens (primary N) is 2. The Labute approximate surface area is 126 Å². The zero-order valence-electron chi connectivity index (χ0n) is 12.4. The third-order valence-electron chi connectivity index (χ3n) is 6.30. The third kappa shape index (κ3) is 2.10. The molecule has 1 aromatic rings. The molecule has 1 unspecified atom stereocenters. The molecule has 1 amide bonds. The predicted octanol–water partition coefficient (Wildman–Crippen LogP) is 3.00. The number of carbonyl (C=O) groups is 1. The number of benzene rings is 1. The average molecular weight is 284 g/mol. The zero-order valence-corrected chi connectivity index (χ0v) is 12.4. The lowest BCUT2D eigenvalue weighted by molar-refractivity contribution is -0.0677. The summed E-state index contributed by atoms with van der Waals surface area (Å²) in [6.07, 6.45) is 8.22. The molecule has 1 atom stereocenters. The SMILES string of the molecule is NC(=O)c1ccc(C(N)C23CC4CC(CC(C4)C2)C3)cc1. The molecule has 0 heterocycles. The molecule has 4 aliphatic rings. The van der Waals surface area contributed by atoms with Crippen LogP contribution in [-0.2, 0) is 0 Å². The minimum Gasteiger partial charge on any atom is -0.366 e. The van der Waals surface area contributed by atoms with Gasteiger partial charge in [-0.25, -0.2) is 0 Å². The first-order valence-corrected chi connectivity index (χ1v) is 8.21. The summed E-state index contributed by atoms with van der Waals surface area (Å²) < 4.78 is 0. The highest BCUT2D eigenvalue weighted by atomic mass is 16.1. The molecule has 21 heavy (non-hydrogen) atoms. The van der Waals surface area contributed by atoms with Gasteiger partial charge in [0.05, 0.1) is 0 Å². The fourth-order valence-corrected chi connectivity index (χ4v) is 5.77. The second kappa shape index (κ2) is 4.57. The van der Waals surface area contributed by atoms with Crippen LogP contribution in [0.3, 0.4) is 0 Å². The van der Waals surface area contributed by atoms with E-state index in [0.29, 0.717) is 11.0 Å². The van der Waals surface area contributed by atoms with Crippen molar-refractivity contribution in [3.05, 3.63) is 35.4 Å². The van der Waals surface area contributed by atoms with Gasteiger partial charge >= 0.3 is 0 Å². The van der Waals surface area contributed by atoms with Crippen LogP contribution in [0.25, 0.3) is 0 Å². The molecule has 4 fully saturated rings. The maximum Gasteiger partial charge on any atom is 0.248 e. The van der Waals surface area contributed by atoms with E-state index in [0.717, 1.165) is 17.8 Å². The van der Waals surface area contributed by atoms with Crippen LogP contribution >= 0.6 is 0 Å². The molecule has 3 nitrogen and oxygen atoms in total. The summed E-state index contributed by atoms with van der Waals surface area (Å²) >= 11 is 0. The van der Waals surface area contributed by atoms with E-state index in [1.54, 1.807) is 0 Å². The normalized spacial score (nSPS) is 38.4. The molecule has 4 bridgehead atoms. The molecule has 4 saturated carbocycles. The van der Waals surface area contributed by atoms with Gasteiger partial charge in [0.2, 0.25) is 5.91 Å². The van der Waals surface area contributed by atoms with Crippen molar-refractivity contribution in [2.75, 3.05) is 0 Å². The molecule has 112 valence electrons. The Morgan fingerprint density at radius 3 is 1.90 bits per heavy atom. The smallest absolute Gasteiger partial charge is 0.248 e. The molecular weight excluding hydrogens is 260 g/mol. The quantitative estimate of drug-likeness (QED) is 0.895. The lowest BCUT2D eigenvalue weighted by Crippen LogP contribution is -2.50. The van der Waals surface area contributed by atoms with Crippen LogP contribution in [0.5, 0.6) is 0 Å². The molecule has 3 heteroatoms. The summed E-state index contributed by atoms with van der Waals surface area (Å²) in [7, 11) is 0. The van der Waals surface area contributed by atoms with Gasteiger partial charge in [-0.1, -0.05) is 12.1 Å². The predicted molar refractivity (Wildman–Crippen MR) is 82.5 cm³/mol. The van der Waals surface area contributed by atoms with Crippen LogP contribution in [0.15, 0.2) is 24.3 Å². The van der Waals surface area contributed by atoms with E-state index in [2.05, 4.69) is 0 Å². The summed E-state index contributed by atoms with van der Waals surface area (Å²) in [6.45, 7) is 0. The molecule has 4 aliphatic carbocycles. The van der Waals surface area contributed by atoms with Gasteiger partial charge in [-0.15, -0.1) is 0 Å². The molecule has 0 spiro atoms. The van der Waals surface area contributed by atoms with Crippen molar-refractivity contribution >= 4 is 5.91 Å². The summed E-state index contributed by atoms with van der Waals surface area (Å²) in [6, 6.07) is 7.75. The van der Waals surface area contributed by atoms with Crippen LogP contribution in [0.2, 0.25) is 0 Å². The van der Waals surface area contributed by atoms with E-state index in [1.165, 1.54) is 44.1 Å². The Morgan fingerprint density at radius 1 is 1.00 bits per heavy atom. The monoisotopic (exact) mass is 284 g/mol. The largest absolute Gasteiger partial charge is 0.366 e. The number of amides is 1. The molecule has 0 aliphatic heterocycles. The highest BCUT2D eigenvalue weighted by Crippen LogP contribution is 2.63. The van der Waals surface area contributed by atoms with Gasteiger partial charge in [0.15, 0.2) is 0 Å². The summed E-state index contributed by atoms with van der Waals surface area (Å²) in [5, 5.41) is 0. The second-order valence-electron chi connectivity index (χ2n) is 7.74. The molecular formula is C18H24N2O. The van der Waals surface area contributed by atoms with E-state index >= 15 is 0 Å². The Bertz CT molecular complexity index is 528. The average Bonchev–Trinajstić information content (AvgIpc) is 2.45. The number of primary amides is 1. The molecule has 0 saturated heterocycles. The number of carbonyl (C=O) groups excluding carboxylic acids is 1. The van der Waals surface area contributed by atoms with Gasteiger partial charge in [-0.3, -0.25) is 4.79 Å². The van der Waals surface area contributed by atoms with Crippen molar-refractivity contribution in [1.29, 1.82) is 0 Å². The molecule has 4 N–H and O–H groups in total. The highest BCUT2D eigenvalue weighted by Gasteiger charge is 2.53. The van der Waals surface area contributed by atoms with Gasteiger partial charge in [-0.2, -0.15) is 0 Å². The van der Waals surface area contributed by atoms with E-state index in [1.807, 2.05) is 24.3 Å². The van der Waals surface area contributed by atoms with Gasteiger partial charge in [0.25, 0.3) is 0 Å². The highest BCUT2D eigenvalue weighted by molar-refractivity contribution is 5.92. The van der Waals surface area contributed by atoms with Crippen LogP contribution in [0.4, 0.5) is 0 Å². The first kappa shape index (κ1) is 13.3. The van der Waals surface area contributed by atoms with Crippen molar-refractivity contribution in [3.8, 4) is 0 Å². The first-order chi connectivity index (χ1) is 10.1. The van der Waals surface area contributed by atoms with Crippen LogP contribution in [-0.4, -0.2) is 5.91 Å². The summed E-state index contributed by atoms with van der Waals surface area (Å²) in [4.78, 5) is 11.2. The number of hydrogen-bond donors (Lipinski definition) is 2. The number of rotatable bonds is 3. The molecule has 5 rings (SSSR count). The third-order valence-corrected chi connectivity index (χ3v) is 6.30. The Kier molecular flexibility index (Phi) is 2.90. The maximum absolute atomic E-state index is 11.2. The van der Waals surface area contributed by atoms with E-state index < -0.39 is 0 Å². The second-order valence-corrected chi connectivity index (χ2v) is 7.74. The van der Waals surface area contributed by atoms with Gasteiger partial charge in [-0.05, 0) is 79.4 Å². The van der Waals surface area contributed by atoms with Crippen molar-refractivity contribution < 1.29 is 4.79 Å². The fourth-order valence-electron chi connectivity index (χ4n) is 5.77. The minimum absolute atomic E-state index is 0.104. The molecule has 0 aromatic heterocycles. The Hall–Kier alpha value is -1.35. The Morgan fingerprint density at radius 2 is 1.48 bits per heavy atom. The van der Waals surface area contributed by atoms with Gasteiger partial charge < -0.3 is 11.5 Å². The van der Waals surface area contributed by atoms with E-state index in [4.69, 9.17) is 11.5 Å². The van der Waals surface area contributed by atoms with Crippen LogP contribution < -0.4 is 11.5 Å². The topological polar surface area (TPSA) is 69.1 Å². The summed E-state index contributed by atoms with van der Waals surface area (Å²) in [5.41, 5.74) is 14.1. The summed E-state index contributed by atoms with van der Waals surface area (Å²) in [5.74, 6) is 2.36. The van der Waals surface area contributed by atoms with Crippen LogP contribution in [0, 0.1) is 23.2 Å². The van der Waals surface area contributed by atoms with Gasteiger partial charge in [0, 0.05) is 11.6 Å². The standard InChI is InChI=1S/C18H24N2O/c19-16(14-1-3-15(4-2-14)17(20)21)18-8-11-5-12(9-18)7-13(6-11)10-18/h1-4,11-13,16H,5-10,19H2,(H2,20,21). The zero-order chi connectivity index (χ0) is 14.6. The fraction of sp³-hybridized carbons (Fsp3) is 0.611. The van der Waals surface area contributed by atoms with Gasteiger partial charge in [0.1, 0.15) is 0 Å². The van der Waals surface area contributed by atoms with Crippen molar-refractivity contribution in [3.63, 3.8) is 0 Å². The van der Waals surface area contributed by atoms with Crippen molar-refractivity contribution in [2.45, 2.75) is 44.6 Å². The van der Waals surface area contributed by atoms with E-state index in [-0.39, 0.29) is 11.9 Å². The van der Waals surface area contributed by atoms with Crippen LogP contribution in [0.1, 0.15) is 60.5 Å². The van der Waals surface area contributed by atoms with Crippen molar-refractivity contribution in [2.24, 2.45) is 34.6 Å². The van der Waals surface area contributed by atoms with E-state index in [9.17, 15) is 4.79 Å². The number of hydrogen-bond acceptors (Lipinski definition) is 2. The lowest BCUT2D eigenvalue weighted by atomic mass is 9.47. The lowest BCUT2D eigenvalue weighted by Gasteiger charge is -2.59. The first-order valence-electron chi connectivity index (χ1n) is 8.21. The molecule has 0 radical (unpaired) electrons. The molecule has 1 aromatic carbocycles.